The van der Waals surface area contributed by atoms with Gasteiger partial charge in [0, 0.05) is 17.2 Å². The van der Waals surface area contributed by atoms with Crippen LogP contribution in [0.1, 0.15) is 11.1 Å². The average molecular weight is 533 g/mol. The highest BCUT2D eigenvalue weighted by molar-refractivity contribution is 6.40. The van der Waals surface area contributed by atoms with Crippen molar-refractivity contribution in [2.45, 2.75) is 6.61 Å². The second-order valence-corrected chi connectivity index (χ2v) is 8.24. The fraction of sp³-hybridized carbons (Fsp3) is 0.0833. The van der Waals surface area contributed by atoms with Crippen molar-refractivity contribution in [1.29, 1.82) is 5.26 Å². The number of benzene rings is 3. The van der Waals surface area contributed by atoms with Crippen molar-refractivity contribution in [2.24, 2.45) is 0 Å². The van der Waals surface area contributed by atoms with Gasteiger partial charge in [-0.25, -0.2) is 0 Å². The third-order valence-electron chi connectivity index (χ3n) is 4.65. The van der Waals surface area contributed by atoms with Crippen LogP contribution in [-0.2, 0) is 11.4 Å². The van der Waals surface area contributed by atoms with Crippen molar-refractivity contribution < 1.29 is 19.2 Å². The quantitative estimate of drug-likeness (QED) is 0.150. The van der Waals surface area contributed by atoms with E-state index >= 15 is 0 Å². The number of hydrogen-bond donors (Lipinski definition) is 1. The minimum Gasteiger partial charge on any atom is -0.493 e. The van der Waals surface area contributed by atoms with Crippen LogP contribution in [0.3, 0.4) is 0 Å². The van der Waals surface area contributed by atoms with Crippen LogP contribution in [0.15, 0.2) is 60.2 Å². The Hall–Kier alpha value is -3.77. The molecular formula is C24H16Cl3N3O5. The number of amides is 1. The highest BCUT2D eigenvalue weighted by Crippen LogP contribution is 2.35. The van der Waals surface area contributed by atoms with E-state index in [1.165, 1.54) is 13.2 Å². The molecule has 1 amide bonds. The van der Waals surface area contributed by atoms with Gasteiger partial charge in [-0.05, 0) is 41.5 Å². The summed E-state index contributed by atoms with van der Waals surface area (Å²) in [6.07, 6.45) is 1.34. The summed E-state index contributed by atoms with van der Waals surface area (Å²) in [5.41, 5.74) is 0.765. The molecule has 0 saturated heterocycles. The number of rotatable bonds is 8. The van der Waals surface area contributed by atoms with Crippen molar-refractivity contribution in [1.82, 2.24) is 0 Å². The Kier molecular flexibility index (Phi) is 8.55. The summed E-state index contributed by atoms with van der Waals surface area (Å²) >= 11 is 17.9. The van der Waals surface area contributed by atoms with Crippen LogP contribution in [0, 0.1) is 21.4 Å². The van der Waals surface area contributed by atoms with Gasteiger partial charge in [0.05, 0.1) is 27.8 Å². The zero-order valence-electron chi connectivity index (χ0n) is 18.1. The number of nitrogens with zero attached hydrogens (tertiary/aromatic N) is 2. The van der Waals surface area contributed by atoms with Gasteiger partial charge in [0.25, 0.3) is 11.6 Å². The molecule has 0 aliphatic rings. The molecule has 3 aromatic rings. The zero-order valence-corrected chi connectivity index (χ0v) is 20.3. The SMILES string of the molecule is COc1cc(/C=C(\C#N)C(=O)Nc2c(Cl)cc([N+](=O)[O-])cc2Cl)ccc1OCc1ccc(Cl)cc1. The second-order valence-electron chi connectivity index (χ2n) is 6.99. The van der Waals surface area contributed by atoms with Crippen LogP contribution in [0.25, 0.3) is 6.08 Å². The summed E-state index contributed by atoms with van der Waals surface area (Å²) in [4.78, 5) is 22.9. The number of nitro benzene ring substituents is 1. The van der Waals surface area contributed by atoms with E-state index in [0.717, 1.165) is 17.7 Å². The molecule has 0 atom stereocenters. The molecule has 0 aliphatic heterocycles. The van der Waals surface area contributed by atoms with Gasteiger partial charge >= 0.3 is 0 Å². The molecule has 0 aromatic heterocycles. The Balaban J connectivity index is 1.79. The minimum absolute atomic E-state index is 0.0476. The molecule has 0 fully saturated rings. The number of hydrogen-bond acceptors (Lipinski definition) is 6. The van der Waals surface area contributed by atoms with Gasteiger partial charge in [0.15, 0.2) is 11.5 Å². The van der Waals surface area contributed by atoms with E-state index in [9.17, 15) is 20.2 Å². The molecule has 0 saturated carbocycles. The molecule has 0 bridgehead atoms. The number of carbonyl (C=O) groups excluding carboxylic acids is 1. The molecular weight excluding hydrogens is 517 g/mol. The Morgan fingerprint density at radius 2 is 1.74 bits per heavy atom. The van der Waals surface area contributed by atoms with E-state index < -0.39 is 10.8 Å². The standard InChI is InChI=1S/C24H16Cl3N3O5/c1-34-22-9-15(4-7-21(22)35-13-14-2-5-17(25)6-3-14)8-16(12-28)24(31)29-23-19(26)10-18(30(32)33)11-20(23)27/h2-11H,13H2,1H3,(H,29,31)/b16-8+. The highest BCUT2D eigenvalue weighted by atomic mass is 35.5. The van der Waals surface area contributed by atoms with Crippen LogP contribution >= 0.6 is 34.8 Å². The molecule has 35 heavy (non-hydrogen) atoms. The number of nitrogens with one attached hydrogen (secondary N) is 1. The number of carbonyl (C=O) groups is 1. The molecule has 0 spiro atoms. The monoisotopic (exact) mass is 531 g/mol. The maximum atomic E-state index is 12.7. The Morgan fingerprint density at radius 1 is 1.09 bits per heavy atom. The zero-order chi connectivity index (χ0) is 25.5. The molecule has 8 nitrogen and oxygen atoms in total. The van der Waals surface area contributed by atoms with E-state index in [1.807, 2.05) is 18.2 Å². The predicted molar refractivity (Wildman–Crippen MR) is 134 cm³/mol. The summed E-state index contributed by atoms with van der Waals surface area (Å²) in [6, 6.07) is 16.0. The Morgan fingerprint density at radius 3 is 2.31 bits per heavy atom. The fourth-order valence-corrected chi connectivity index (χ4v) is 3.61. The second kappa shape index (κ2) is 11.6. The number of methoxy groups -OCH3 is 1. The molecule has 11 heteroatoms. The van der Waals surface area contributed by atoms with Crippen LogP contribution in [-0.4, -0.2) is 17.9 Å². The number of nitro groups is 1. The number of ether oxygens (including phenoxy) is 2. The third-order valence-corrected chi connectivity index (χ3v) is 5.50. The van der Waals surface area contributed by atoms with Crippen molar-refractivity contribution in [3.63, 3.8) is 0 Å². The normalized spacial score (nSPS) is 10.9. The number of nitriles is 1. The highest BCUT2D eigenvalue weighted by Gasteiger charge is 2.18. The Labute approximate surface area is 215 Å². The molecule has 0 radical (unpaired) electrons. The van der Waals surface area contributed by atoms with Gasteiger partial charge < -0.3 is 14.8 Å². The fourth-order valence-electron chi connectivity index (χ4n) is 2.92. The summed E-state index contributed by atoms with van der Waals surface area (Å²) in [6.45, 7) is 0.283. The minimum atomic E-state index is -0.799. The van der Waals surface area contributed by atoms with Gasteiger partial charge in [0.1, 0.15) is 18.2 Å². The van der Waals surface area contributed by atoms with Gasteiger partial charge in [-0.2, -0.15) is 5.26 Å². The van der Waals surface area contributed by atoms with Crippen LogP contribution in [0.5, 0.6) is 11.5 Å². The van der Waals surface area contributed by atoms with Crippen molar-refractivity contribution in [3.8, 4) is 17.6 Å². The van der Waals surface area contributed by atoms with E-state index in [2.05, 4.69) is 5.32 Å². The lowest BCUT2D eigenvalue weighted by molar-refractivity contribution is -0.384. The average Bonchev–Trinajstić information content (AvgIpc) is 2.84. The first kappa shape index (κ1) is 25.8. The van der Waals surface area contributed by atoms with Crippen molar-refractivity contribution in [2.75, 3.05) is 12.4 Å². The largest absolute Gasteiger partial charge is 0.493 e. The van der Waals surface area contributed by atoms with E-state index in [0.29, 0.717) is 22.1 Å². The summed E-state index contributed by atoms with van der Waals surface area (Å²) in [7, 11) is 1.47. The maximum absolute atomic E-state index is 12.7. The molecule has 3 aromatic carbocycles. The molecule has 1 N–H and O–H groups in total. The van der Waals surface area contributed by atoms with Crippen LogP contribution in [0.4, 0.5) is 11.4 Å². The van der Waals surface area contributed by atoms with Gasteiger partial charge in [-0.15, -0.1) is 0 Å². The van der Waals surface area contributed by atoms with Crippen molar-refractivity contribution >= 4 is 58.2 Å². The molecule has 3 rings (SSSR count). The first-order chi connectivity index (χ1) is 16.7. The van der Waals surface area contributed by atoms with Gasteiger partial charge in [-0.3, -0.25) is 14.9 Å². The Bertz CT molecular complexity index is 1330. The van der Waals surface area contributed by atoms with Gasteiger partial charge in [0.2, 0.25) is 0 Å². The number of anilines is 1. The van der Waals surface area contributed by atoms with Crippen LogP contribution in [0.2, 0.25) is 15.1 Å². The molecule has 0 unspecified atom stereocenters. The first-order valence-electron chi connectivity index (χ1n) is 9.83. The lowest BCUT2D eigenvalue weighted by atomic mass is 10.1. The predicted octanol–water partition coefficient (Wildman–Crippen LogP) is 6.69. The van der Waals surface area contributed by atoms with E-state index in [1.54, 1.807) is 30.3 Å². The lowest BCUT2D eigenvalue weighted by Crippen LogP contribution is -2.14. The van der Waals surface area contributed by atoms with E-state index in [4.69, 9.17) is 44.3 Å². The van der Waals surface area contributed by atoms with Crippen molar-refractivity contribution in [3.05, 3.63) is 96.5 Å². The summed E-state index contributed by atoms with van der Waals surface area (Å²) in [5.74, 6) is 0.0612. The van der Waals surface area contributed by atoms with Crippen LogP contribution < -0.4 is 14.8 Å². The molecule has 0 aliphatic carbocycles. The number of halogens is 3. The molecule has 0 heterocycles. The molecule has 178 valence electrons. The summed E-state index contributed by atoms with van der Waals surface area (Å²) in [5, 5.41) is 23.2. The third kappa shape index (κ3) is 6.64. The lowest BCUT2D eigenvalue weighted by Gasteiger charge is -2.12. The number of non-ortho nitro benzene ring substituents is 1. The maximum Gasteiger partial charge on any atom is 0.272 e. The smallest absolute Gasteiger partial charge is 0.272 e. The van der Waals surface area contributed by atoms with E-state index in [-0.39, 0.29) is 33.6 Å². The first-order valence-corrected chi connectivity index (χ1v) is 11.0. The topological polar surface area (TPSA) is 114 Å². The summed E-state index contributed by atoms with van der Waals surface area (Å²) < 4.78 is 11.2. The van der Waals surface area contributed by atoms with Gasteiger partial charge in [-0.1, -0.05) is 53.0 Å².